The number of carboxylic acids is 1. The summed E-state index contributed by atoms with van der Waals surface area (Å²) in [6.07, 6.45) is 1.24. The second-order valence-electron chi connectivity index (χ2n) is 4.85. The van der Waals surface area contributed by atoms with Crippen molar-refractivity contribution in [2.45, 2.75) is 39.0 Å². The molecule has 0 aliphatic carbocycles. The first kappa shape index (κ1) is 13.1. The average Bonchev–Trinajstić information content (AvgIpc) is 2.84. The fourth-order valence-electron chi connectivity index (χ4n) is 2.39. The molecule has 5 nitrogen and oxygen atoms in total. The van der Waals surface area contributed by atoms with Crippen molar-refractivity contribution in [1.29, 1.82) is 0 Å². The first-order valence-electron chi connectivity index (χ1n) is 6.24. The van der Waals surface area contributed by atoms with Crippen LogP contribution in [0.4, 0.5) is 0 Å². The number of hydrogen-bond donors (Lipinski definition) is 2. The summed E-state index contributed by atoms with van der Waals surface area (Å²) in [5, 5.41) is 12.5. The van der Waals surface area contributed by atoms with Gasteiger partial charge in [-0.25, -0.2) is 4.79 Å². The van der Waals surface area contributed by atoms with Crippen molar-refractivity contribution >= 4 is 5.97 Å². The van der Waals surface area contributed by atoms with Crippen molar-refractivity contribution in [1.82, 2.24) is 9.88 Å². The van der Waals surface area contributed by atoms with Gasteiger partial charge in [0.05, 0.1) is 11.7 Å². The van der Waals surface area contributed by atoms with Crippen LogP contribution in [0, 0.1) is 6.92 Å². The third-order valence-electron chi connectivity index (χ3n) is 3.79. The van der Waals surface area contributed by atoms with Crippen molar-refractivity contribution in [2.24, 2.45) is 7.05 Å². The Hall–Kier alpha value is -1.33. The van der Waals surface area contributed by atoms with Crippen LogP contribution in [0.15, 0.2) is 6.07 Å². The van der Waals surface area contributed by atoms with E-state index in [-0.39, 0.29) is 6.10 Å². The lowest BCUT2D eigenvalue weighted by Crippen LogP contribution is -2.34. The Morgan fingerprint density at radius 2 is 2.39 bits per heavy atom. The van der Waals surface area contributed by atoms with Crippen molar-refractivity contribution in [2.75, 3.05) is 6.61 Å². The molecule has 0 saturated carbocycles. The van der Waals surface area contributed by atoms with Gasteiger partial charge in [0, 0.05) is 37.6 Å². The first-order valence-corrected chi connectivity index (χ1v) is 6.24. The monoisotopic (exact) mass is 252 g/mol. The summed E-state index contributed by atoms with van der Waals surface area (Å²) in [5.41, 5.74) is 2.16. The number of aromatic carboxylic acids is 1. The van der Waals surface area contributed by atoms with Crippen molar-refractivity contribution in [3.05, 3.63) is 23.0 Å². The highest BCUT2D eigenvalue weighted by molar-refractivity contribution is 5.89. The number of nitrogens with one attached hydrogen (secondary N) is 1. The van der Waals surface area contributed by atoms with E-state index in [9.17, 15) is 4.79 Å². The molecule has 1 aliphatic heterocycles. The van der Waals surface area contributed by atoms with E-state index in [1.807, 2.05) is 18.5 Å². The third-order valence-corrected chi connectivity index (χ3v) is 3.79. The molecule has 2 heterocycles. The molecule has 1 aromatic heterocycles. The van der Waals surface area contributed by atoms with Gasteiger partial charge in [0.15, 0.2) is 0 Å². The van der Waals surface area contributed by atoms with Crippen LogP contribution in [0.25, 0.3) is 0 Å². The summed E-state index contributed by atoms with van der Waals surface area (Å²) >= 11 is 0. The Bertz CT molecular complexity index is 453. The number of ether oxygens (including phenoxy) is 1. The largest absolute Gasteiger partial charge is 0.478 e. The Morgan fingerprint density at radius 1 is 1.67 bits per heavy atom. The predicted octanol–water partition coefficient (Wildman–Crippen LogP) is 1.30. The molecule has 2 unspecified atom stereocenters. The minimum Gasteiger partial charge on any atom is -0.478 e. The topological polar surface area (TPSA) is 63.5 Å². The average molecular weight is 252 g/mol. The molecule has 2 rings (SSSR count). The second-order valence-corrected chi connectivity index (χ2v) is 4.85. The fraction of sp³-hybridized carbons (Fsp3) is 0.615. The molecule has 0 radical (unpaired) electrons. The SMILES string of the molecule is Cc1c(C(=O)O)cc(CNC2CCOC2C)n1C. The van der Waals surface area contributed by atoms with Gasteiger partial charge in [0.1, 0.15) is 0 Å². The fourth-order valence-corrected chi connectivity index (χ4v) is 2.39. The number of aromatic nitrogens is 1. The first-order chi connectivity index (χ1) is 8.50. The van der Waals surface area contributed by atoms with Gasteiger partial charge in [-0.15, -0.1) is 0 Å². The summed E-state index contributed by atoms with van der Waals surface area (Å²) in [7, 11) is 1.90. The number of carboxylic acid groups (broad SMARTS) is 1. The minimum absolute atomic E-state index is 0.227. The van der Waals surface area contributed by atoms with E-state index in [4.69, 9.17) is 9.84 Å². The molecular formula is C13H20N2O3. The van der Waals surface area contributed by atoms with Gasteiger partial charge in [-0.05, 0) is 26.3 Å². The highest BCUT2D eigenvalue weighted by atomic mass is 16.5. The quantitative estimate of drug-likeness (QED) is 0.847. The van der Waals surface area contributed by atoms with Gasteiger partial charge in [0.25, 0.3) is 0 Å². The molecule has 18 heavy (non-hydrogen) atoms. The summed E-state index contributed by atoms with van der Waals surface area (Å²) in [6, 6.07) is 2.10. The summed E-state index contributed by atoms with van der Waals surface area (Å²) in [6.45, 7) is 5.35. The van der Waals surface area contributed by atoms with Crippen LogP contribution >= 0.6 is 0 Å². The van der Waals surface area contributed by atoms with Crippen LogP contribution in [0.2, 0.25) is 0 Å². The molecule has 1 aromatic rings. The van der Waals surface area contributed by atoms with Crippen LogP contribution in [0.3, 0.4) is 0 Å². The maximum absolute atomic E-state index is 11.0. The van der Waals surface area contributed by atoms with Crippen LogP contribution in [-0.2, 0) is 18.3 Å². The predicted molar refractivity (Wildman–Crippen MR) is 67.8 cm³/mol. The van der Waals surface area contributed by atoms with Crippen molar-refractivity contribution in [3.8, 4) is 0 Å². The zero-order valence-corrected chi connectivity index (χ0v) is 11.1. The molecule has 2 N–H and O–H groups in total. The number of hydrogen-bond acceptors (Lipinski definition) is 3. The van der Waals surface area contributed by atoms with E-state index in [2.05, 4.69) is 12.2 Å². The molecule has 1 fully saturated rings. The number of rotatable bonds is 4. The lowest BCUT2D eigenvalue weighted by atomic mass is 10.1. The Labute approximate surface area is 107 Å². The maximum atomic E-state index is 11.0. The van der Waals surface area contributed by atoms with Crippen molar-refractivity contribution in [3.63, 3.8) is 0 Å². The van der Waals surface area contributed by atoms with Gasteiger partial charge < -0.3 is 19.7 Å². The standard InChI is InChI=1S/C13H20N2O3/c1-8-11(13(16)17)6-10(15(8)3)7-14-12-4-5-18-9(12)2/h6,9,12,14H,4-5,7H2,1-3H3,(H,16,17). The molecule has 1 saturated heterocycles. The van der Waals surface area contributed by atoms with E-state index in [1.54, 1.807) is 6.07 Å². The van der Waals surface area contributed by atoms with Gasteiger partial charge >= 0.3 is 5.97 Å². The van der Waals surface area contributed by atoms with Gasteiger partial charge in [-0.2, -0.15) is 0 Å². The lowest BCUT2D eigenvalue weighted by Gasteiger charge is -2.16. The molecule has 5 heteroatoms. The molecule has 0 bridgehead atoms. The van der Waals surface area contributed by atoms with Crippen LogP contribution in [0.5, 0.6) is 0 Å². The normalized spacial score (nSPS) is 23.5. The van der Waals surface area contributed by atoms with Crippen LogP contribution in [0.1, 0.15) is 35.1 Å². The zero-order valence-electron chi connectivity index (χ0n) is 11.1. The van der Waals surface area contributed by atoms with E-state index in [0.29, 0.717) is 18.2 Å². The van der Waals surface area contributed by atoms with Gasteiger partial charge in [-0.1, -0.05) is 0 Å². The third kappa shape index (κ3) is 2.42. The molecule has 100 valence electrons. The van der Waals surface area contributed by atoms with E-state index >= 15 is 0 Å². The summed E-state index contributed by atoms with van der Waals surface area (Å²) < 4.78 is 7.42. The zero-order chi connectivity index (χ0) is 13.3. The van der Waals surface area contributed by atoms with E-state index in [0.717, 1.165) is 24.4 Å². The highest BCUT2D eigenvalue weighted by Crippen LogP contribution is 2.16. The molecule has 2 atom stereocenters. The smallest absolute Gasteiger partial charge is 0.337 e. The lowest BCUT2D eigenvalue weighted by molar-refractivity contribution is 0.0696. The Balaban J connectivity index is 2.05. The molecule has 0 spiro atoms. The van der Waals surface area contributed by atoms with E-state index in [1.165, 1.54) is 0 Å². The van der Waals surface area contributed by atoms with Crippen LogP contribution in [-0.4, -0.2) is 34.4 Å². The minimum atomic E-state index is -0.869. The Morgan fingerprint density at radius 3 is 2.89 bits per heavy atom. The van der Waals surface area contributed by atoms with Gasteiger partial charge in [-0.3, -0.25) is 0 Å². The highest BCUT2D eigenvalue weighted by Gasteiger charge is 2.24. The summed E-state index contributed by atoms with van der Waals surface area (Å²) in [5.74, 6) is -0.869. The number of nitrogens with zero attached hydrogens (tertiary/aromatic N) is 1. The van der Waals surface area contributed by atoms with Gasteiger partial charge in [0.2, 0.25) is 0 Å². The van der Waals surface area contributed by atoms with E-state index < -0.39 is 5.97 Å². The molecule has 0 aromatic carbocycles. The number of carbonyl (C=O) groups is 1. The molecule has 0 amide bonds. The second kappa shape index (κ2) is 5.12. The van der Waals surface area contributed by atoms with Crippen LogP contribution < -0.4 is 5.32 Å². The molecule has 1 aliphatic rings. The van der Waals surface area contributed by atoms with Crippen molar-refractivity contribution < 1.29 is 14.6 Å². The Kier molecular flexibility index (Phi) is 3.73. The summed E-state index contributed by atoms with van der Waals surface area (Å²) in [4.78, 5) is 11.0. The maximum Gasteiger partial charge on any atom is 0.337 e. The molecular weight excluding hydrogens is 232 g/mol.